The molecular weight excluding hydrogens is 192 g/mol. The predicted molar refractivity (Wildman–Crippen MR) is 59.5 cm³/mol. The highest BCUT2D eigenvalue weighted by Crippen LogP contribution is 2.16. The molecule has 2 N–H and O–H groups in total. The third-order valence-electron chi connectivity index (χ3n) is 2.90. The molecule has 0 saturated carbocycles. The first-order valence-corrected chi connectivity index (χ1v) is 5.86. The van der Waals surface area contributed by atoms with Crippen LogP contribution in [0.2, 0.25) is 0 Å². The molecule has 0 aromatic rings. The Morgan fingerprint density at radius 2 is 2.27 bits per heavy atom. The molecule has 0 aromatic carbocycles. The Morgan fingerprint density at radius 3 is 2.93 bits per heavy atom. The van der Waals surface area contributed by atoms with E-state index in [1.54, 1.807) is 0 Å². The molecule has 0 bridgehead atoms. The molecule has 1 rings (SSSR count). The van der Waals surface area contributed by atoms with E-state index < -0.39 is 0 Å². The lowest BCUT2D eigenvalue weighted by Crippen LogP contribution is -2.45. The van der Waals surface area contributed by atoms with Crippen LogP contribution in [-0.2, 0) is 9.53 Å². The molecule has 1 aliphatic rings. The summed E-state index contributed by atoms with van der Waals surface area (Å²) in [4.78, 5) is 13.7. The van der Waals surface area contributed by atoms with Gasteiger partial charge in [0.2, 0.25) is 5.91 Å². The van der Waals surface area contributed by atoms with Crippen molar-refractivity contribution in [2.45, 2.75) is 38.6 Å². The zero-order valence-electron chi connectivity index (χ0n) is 9.58. The second-order valence-electron chi connectivity index (χ2n) is 3.96. The van der Waals surface area contributed by atoms with Crippen molar-refractivity contribution in [3.05, 3.63) is 0 Å². The highest BCUT2D eigenvalue weighted by Gasteiger charge is 2.23. The van der Waals surface area contributed by atoms with Crippen LogP contribution in [-0.4, -0.2) is 43.2 Å². The molecule has 0 aromatic heterocycles. The summed E-state index contributed by atoms with van der Waals surface area (Å²) in [5.41, 5.74) is 5.69. The summed E-state index contributed by atoms with van der Waals surface area (Å²) in [6.45, 7) is 4.10. The molecule has 1 amide bonds. The van der Waals surface area contributed by atoms with Crippen LogP contribution < -0.4 is 5.73 Å². The molecule has 1 unspecified atom stereocenters. The molecule has 1 aliphatic heterocycles. The van der Waals surface area contributed by atoms with Gasteiger partial charge >= 0.3 is 0 Å². The first-order valence-electron chi connectivity index (χ1n) is 5.86. The topological polar surface area (TPSA) is 55.6 Å². The molecule has 4 heteroatoms. The van der Waals surface area contributed by atoms with Crippen molar-refractivity contribution in [2.24, 2.45) is 5.73 Å². The minimum absolute atomic E-state index is 0.0919. The lowest BCUT2D eigenvalue weighted by Gasteiger charge is -2.28. The van der Waals surface area contributed by atoms with Crippen LogP contribution >= 0.6 is 0 Å². The monoisotopic (exact) mass is 214 g/mol. The summed E-state index contributed by atoms with van der Waals surface area (Å²) in [5.74, 6) is 0.0919. The molecular formula is C11H22N2O2. The van der Waals surface area contributed by atoms with Gasteiger partial charge in [-0.25, -0.2) is 0 Å². The van der Waals surface area contributed by atoms with Gasteiger partial charge in [0.1, 0.15) is 6.61 Å². The maximum atomic E-state index is 11.8. The van der Waals surface area contributed by atoms with Crippen molar-refractivity contribution in [2.75, 3.05) is 26.3 Å². The van der Waals surface area contributed by atoms with Gasteiger partial charge in [0.25, 0.3) is 0 Å². The minimum Gasteiger partial charge on any atom is -0.372 e. The smallest absolute Gasteiger partial charge is 0.248 e. The molecule has 15 heavy (non-hydrogen) atoms. The summed E-state index contributed by atoms with van der Waals surface area (Å²) in [5, 5.41) is 0. The number of nitrogens with zero attached hydrogens (tertiary/aromatic N) is 1. The maximum absolute atomic E-state index is 11.8. The molecule has 1 fully saturated rings. The Balaban J connectivity index is 2.49. The van der Waals surface area contributed by atoms with Gasteiger partial charge in [0.05, 0.1) is 0 Å². The van der Waals surface area contributed by atoms with Gasteiger partial charge < -0.3 is 15.4 Å². The minimum atomic E-state index is 0.0919. The number of rotatable bonds is 4. The largest absolute Gasteiger partial charge is 0.372 e. The lowest BCUT2D eigenvalue weighted by molar-refractivity contribution is -0.138. The van der Waals surface area contributed by atoms with Crippen LogP contribution in [0.4, 0.5) is 0 Å². The SMILES string of the molecule is CCOCC(=O)N1CCCCCC1CN. The standard InChI is InChI=1S/C11H22N2O2/c1-2-15-9-11(14)13-7-5-3-4-6-10(13)8-12/h10H,2-9,12H2,1H3. The summed E-state index contributed by atoms with van der Waals surface area (Å²) < 4.78 is 5.15. The summed E-state index contributed by atoms with van der Waals surface area (Å²) in [7, 11) is 0. The van der Waals surface area contributed by atoms with Crippen LogP contribution in [0.15, 0.2) is 0 Å². The van der Waals surface area contributed by atoms with E-state index in [0.717, 1.165) is 19.4 Å². The predicted octanol–water partition coefficient (Wildman–Crippen LogP) is 0.753. The molecule has 0 radical (unpaired) electrons. The second kappa shape index (κ2) is 6.80. The lowest BCUT2D eigenvalue weighted by atomic mass is 10.1. The maximum Gasteiger partial charge on any atom is 0.248 e. The molecule has 88 valence electrons. The number of nitrogens with two attached hydrogens (primary N) is 1. The Morgan fingerprint density at radius 1 is 1.47 bits per heavy atom. The van der Waals surface area contributed by atoms with Crippen LogP contribution in [0.5, 0.6) is 0 Å². The Labute approximate surface area is 91.8 Å². The number of amides is 1. The van der Waals surface area contributed by atoms with Crippen molar-refractivity contribution < 1.29 is 9.53 Å². The quantitative estimate of drug-likeness (QED) is 0.751. The third kappa shape index (κ3) is 3.80. The average molecular weight is 214 g/mol. The van der Waals surface area contributed by atoms with Crippen LogP contribution in [0.25, 0.3) is 0 Å². The summed E-state index contributed by atoms with van der Waals surface area (Å²) in [6, 6.07) is 0.223. The van der Waals surface area contributed by atoms with Crippen molar-refractivity contribution in [3.8, 4) is 0 Å². The number of likely N-dealkylation sites (tertiary alicyclic amines) is 1. The second-order valence-corrected chi connectivity index (χ2v) is 3.96. The molecule has 1 heterocycles. The molecule has 0 aliphatic carbocycles. The van der Waals surface area contributed by atoms with Gasteiger partial charge in [0, 0.05) is 25.7 Å². The van der Waals surface area contributed by atoms with E-state index in [1.165, 1.54) is 12.8 Å². The normalized spacial score (nSPS) is 22.5. The first kappa shape index (κ1) is 12.5. The summed E-state index contributed by atoms with van der Waals surface area (Å²) >= 11 is 0. The van der Waals surface area contributed by atoms with Crippen molar-refractivity contribution in [3.63, 3.8) is 0 Å². The van der Waals surface area contributed by atoms with Crippen molar-refractivity contribution in [1.82, 2.24) is 4.90 Å². The number of carbonyl (C=O) groups is 1. The van der Waals surface area contributed by atoms with Crippen LogP contribution in [0.3, 0.4) is 0 Å². The van der Waals surface area contributed by atoms with E-state index in [4.69, 9.17) is 10.5 Å². The Bertz CT molecular complexity index is 197. The third-order valence-corrected chi connectivity index (χ3v) is 2.90. The Kier molecular flexibility index (Phi) is 5.65. The fraction of sp³-hybridized carbons (Fsp3) is 0.909. The fourth-order valence-electron chi connectivity index (χ4n) is 2.02. The van der Waals surface area contributed by atoms with E-state index in [9.17, 15) is 4.79 Å². The van der Waals surface area contributed by atoms with E-state index >= 15 is 0 Å². The van der Waals surface area contributed by atoms with Gasteiger partial charge in [-0.15, -0.1) is 0 Å². The molecule has 1 atom stereocenters. The van der Waals surface area contributed by atoms with E-state index in [2.05, 4.69) is 0 Å². The van der Waals surface area contributed by atoms with Gasteiger partial charge in [-0.1, -0.05) is 12.8 Å². The van der Waals surface area contributed by atoms with Gasteiger partial charge in [0.15, 0.2) is 0 Å². The van der Waals surface area contributed by atoms with Crippen LogP contribution in [0, 0.1) is 0 Å². The van der Waals surface area contributed by atoms with E-state index in [0.29, 0.717) is 13.2 Å². The van der Waals surface area contributed by atoms with Gasteiger partial charge in [-0.2, -0.15) is 0 Å². The van der Waals surface area contributed by atoms with Gasteiger partial charge in [-0.3, -0.25) is 4.79 Å². The highest BCUT2D eigenvalue weighted by atomic mass is 16.5. The van der Waals surface area contributed by atoms with Gasteiger partial charge in [-0.05, 0) is 19.8 Å². The zero-order chi connectivity index (χ0) is 11.1. The van der Waals surface area contributed by atoms with Crippen molar-refractivity contribution in [1.29, 1.82) is 0 Å². The number of carbonyl (C=O) groups excluding carboxylic acids is 1. The summed E-state index contributed by atoms with van der Waals surface area (Å²) in [6.07, 6.45) is 4.51. The van der Waals surface area contributed by atoms with Crippen molar-refractivity contribution >= 4 is 5.91 Å². The molecule has 1 saturated heterocycles. The number of hydrogen-bond donors (Lipinski definition) is 1. The first-order chi connectivity index (χ1) is 7.29. The highest BCUT2D eigenvalue weighted by molar-refractivity contribution is 5.77. The number of ether oxygens (including phenoxy) is 1. The van der Waals surface area contributed by atoms with E-state index in [1.807, 2.05) is 11.8 Å². The Hall–Kier alpha value is -0.610. The van der Waals surface area contributed by atoms with Crippen LogP contribution in [0.1, 0.15) is 32.6 Å². The average Bonchev–Trinajstić information content (AvgIpc) is 2.50. The number of hydrogen-bond acceptors (Lipinski definition) is 3. The molecule has 0 spiro atoms. The van der Waals surface area contributed by atoms with E-state index in [-0.39, 0.29) is 18.6 Å². The molecule has 4 nitrogen and oxygen atoms in total. The zero-order valence-corrected chi connectivity index (χ0v) is 9.58. The fourth-order valence-corrected chi connectivity index (χ4v) is 2.02.